The Balaban J connectivity index is 0.000000188. The molecule has 2 aliphatic rings. The van der Waals surface area contributed by atoms with Crippen molar-refractivity contribution in [1.82, 2.24) is 19.9 Å². The van der Waals surface area contributed by atoms with Crippen LogP contribution >= 0.6 is 0 Å². The molecule has 2 atom stereocenters. The van der Waals surface area contributed by atoms with Crippen molar-refractivity contribution in [2.45, 2.75) is 24.0 Å². The summed E-state index contributed by atoms with van der Waals surface area (Å²) in [6, 6.07) is 17.6. The summed E-state index contributed by atoms with van der Waals surface area (Å²) >= 11 is 0. The van der Waals surface area contributed by atoms with Crippen LogP contribution in [0.5, 0.6) is 0 Å². The first-order chi connectivity index (χ1) is 23.0. The molecule has 4 heterocycles. The van der Waals surface area contributed by atoms with Crippen molar-refractivity contribution in [2.24, 2.45) is 0 Å². The summed E-state index contributed by atoms with van der Waals surface area (Å²) in [4.78, 5) is 43.2. The molecule has 2 aromatic heterocycles. The fourth-order valence-corrected chi connectivity index (χ4v) is 5.90. The molecule has 0 amide bonds. The molecule has 0 spiro atoms. The van der Waals surface area contributed by atoms with Crippen molar-refractivity contribution in [3.63, 3.8) is 0 Å². The fraction of sp³-hybridized carbons (Fsp3) is 0.294. The molecule has 0 aliphatic carbocycles. The highest BCUT2D eigenvalue weighted by Gasteiger charge is 2.39. The molecule has 2 unspecified atom stereocenters. The third-order valence-electron chi connectivity index (χ3n) is 8.57. The lowest BCUT2D eigenvalue weighted by Gasteiger charge is -2.25. The van der Waals surface area contributed by atoms with Gasteiger partial charge in [0.25, 0.3) is 0 Å². The fourth-order valence-electron chi connectivity index (χ4n) is 5.90. The summed E-state index contributed by atoms with van der Waals surface area (Å²) in [7, 11) is 3.52. The summed E-state index contributed by atoms with van der Waals surface area (Å²) in [5.41, 5.74) is 12.1. The number of benzene rings is 2. The molecule has 8 N–H and O–H groups in total. The minimum atomic E-state index is -1.02. The van der Waals surface area contributed by atoms with Gasteiger partial charge in [-0.1, -0.05) is 49.0 Å². The summed E-state index contributed by atoms with van der Waals surface area (Å²) in [5.74, 6) is 2.84. The van der Waals surface area contributed by atoms with E-state index in [-0.39, 0.29) is 17.7 Å². The first-order valence-corrected chi connectivity index (χ1v) is 15.4. The van der Waals surface area contributed by atoms with Gasteiger partial charge in [0.15, 0.2) is 5.78 Å². The van der Waals surface area contributed by atoms with E-state index >= 15 is 0 Å². The lowest BCUT2D eigenvalue weighted by molar-refractivity contribution is 0.0602. The van der Waals surface area contributed by atoms with Gasteiger partial charge in [0.05, 0.1) is 13.1 Å². The van der Waals surface area contributed by atoms with Gasteiger partial charge in [0.2, 0.25) is 11.9 Å². The van der Waals surface area contributed by atoms with Gasteiger partial charge in [-0.15, -0.1) is 0 Å². The Bertz CT molecular complexity index is 1800. The zero-order valence-electron chi connectivity index (χ0n) is 26.9. The Morgan fingerprint density at radius 3 is 1.81 bits per heavy atom. The molecule has 2 fully saturated rings. The standard InChI is InChI=1S/C18H21N5O2.C16H19N5O2/c1-3-14(24)12-4-6-13(7-5-12)18(25)8-9-23(11-18)16-10-15(20-2)21-17(19)22-16;1-18-13-8-14(20-15(17)19-13)21-6-5-16(23,10-21)12-4-2-3-11(7-12)9-22/h3-7,10,25H,1,8-9,11H2,2H3,(H3,19,20,21,22);2-4,7-9,23H,5-6,10H2,1H3,(H3,17,18,19,20). The second kappa shape index (κ2) is 14.0. The van der Waals surface area contributed by atoms with Gasteiger partial charge in [-0.05, 0) is 36.1 Å². The minimum Gasteiger partial charge on any atom is -0.383 e. The van der Waals surface area contributed by atoms with Gasteiger partial charge in [0.1, 0.15) is 40.8 Å². The maximum absolute atomic E-state index is 11.6. The molecule has 250 valence electrons. The predicted molar refractivity (Wildman–Crippen MR) is 186 cm³/mol. The molecule has 0 bridgehead atoms. The number of β-amino-alcohol motifs (C(OH)–C–C–N with tert-alkyl or cyclic N) is 2. The van der Waals surface area contributed by atoms with E-state index in [1.165, 1.54) is 6.08 Å². The van der Waals surface area contributed by atoms with Crippen molar-refractivity contribution >= 4 is 47.2 Å². The zero-order chi connectivity index (χ0) is 34.5. The highest BCUT2D eigenvalue weighted by Crippen LogP contribution is 2.36. The number of allylic oxidation sites excluding steroid dienone is 1. The number of anilines is 6. The van der Waals surface area contributed by atoms with Crippen LogP contribution in [0.15, 0.2) is 73.3 Å². The van der Waals surface area contributed by atoms with Crippen LogP contribution in [-0.4, -0.2) is 82.5 Å². The summed E-state index contributed by atoms with van der Waals surface area (Å²) in [6.07, 6.45) is 3.17. The van der Waals surface area contributed by atoms with E-state index in [2.05, 4.69) is 37.1 Å². The molecular formula is C34H40N10O4. The highest BCUT2D eigenvalue weighted by molar-refractivity contribution is 6.04. The van der Waals surface area contributed by atoms with E-state index in [9.17, 15) is 19.8 Å². The molecular weight excluding hydrogens is 612 g/mol. The Morgan fingerprint density at radius 2 is 1.33 bits per heavy atom. The highest BCUT2D eigenvalue weighted by atomic mass is 16.3. The number of aliphatic hydroxyl groups is 2. The van der Waals surface area contributed by atoms with Gasteiger partial charge >= 0.3 is 0 Å². The van der Waals surface area contributed by atoms with E-state index in [4.69, 9.17) is 11.5 Å². The third kappa shape index (κ3) is 7.35. The van der Waals surface area contributed by atoms with Crippen molar-refractivity contribution in [1.29, 1.82) is 0 Å². The van der Waals surface area contributed by atoms with E-state index in [1.807, 2.05) is 15.9 Å². The largest absolute Gasteiger partial charge is 0.383 e. The average Bonchev–Trinajstić information content (AvgIpc) is 3.72. The maximum atomic E-state index is 11.6. The molecule has 0 saturated carbocycles. The van der Waals surface area contributed by atoms with Crippen LogP contribution < -0.4 is 31.9 Å². The van der Waals surface area contributed by atoms with Crippen LogP contribution in [0.2, 0.25) is 0 Å². The summed E-state index contributed by atoms with van der Waals surface area (Å²) < 4.78 is 0. The quantitative estimate of drug-likeness (QED) is 0.0873. The number of aromatic nitrogens is 4. The molecule has 2 aromatic carbocycles. The second-order valence-electron chi connectivity index (χ2n) is 11.7. The van der Waals surface area contributed by atoms with Gasteiger partial charge < -0.3 is 42.1 Å². The number of nitrogens with one attached hydrogen (secondary N) is 2. The Hall–Kier alpha value is -5.60. The number of carbonyl (C=O) groups is 2. The lowest BCUT2D eigenvalue weighted by Crippen LogP contribution is -2.31. The molecule has 2 saturated heterocycles. The zero-order valence-corrected chi connectivity index (χ0v) is 26.9. The van der Waals surface area contributed by atoms with Crippen LogP contribution in [0.25, 0.3) is 0 Å². The van der Waals surface area contributed by atoms with E-state index < -0.39 is 11.2 Å². The molecule has 6 rings (SSSR count). The number of nitrogens with zero attached hydrogens (tertiary/aromatic N) is 6. The van der Waals surface area contributed by atoms with Crippen molar-refractivity contribution in [3.8, 4) is 0 Å². The van der Waals surface area contributed by atoms with Gasteiger partial charge in [-0.2, -0.15) is 19.9 Å². The maximum Gasteiger partial charge on any atom is 0.223 e. The molecule has 0 radical (unpaired) electrons. The van der Waals surface area contributed by atoms with Crippen LogP contribution in [0.4, 0.5) is 35.2 Å². The SMILES string of the molecule is C=CC(=O)c1ccc(C2(O)CCN(c3cc(NC)nc(N)n3)C2)cc1.CNc1cc(N2CCC(O)(c3cccc(C=O)c3)C2)nc(N)n1. The molecule has 14 heteroatoms. The number of hydrogen-bond donors (Lipinski definition) is 6. The van der Waals surface area contributed by atoms with Gasteiger partial charge in [-0.3, -0.25) is 9.59 Å². The summed E-state index contributed by atoms with van der Waals surface area (Å²) in [6.45, 7) is 5.54. The van der Waals surface area contributed by atoms with E-state index in [1.54, 1.807) is 68.7 Å². The second-order valence-corrected chi connectivity index (χ2v) is 11.7. The number of hydrogen-bond acceptors (Lipinski definition) is 14. The van der Waals surface area contributed by atoms with Gasteiger partial charge in [-0.25, -0.2) is 0 Å². The minimum absolute atomic E-state index is 0.136. The predicted octanol–water partition coefficient (Wildman–Crippen LogP) is 2.58. The first-order valence-electron chi connectivity index (χ1n) is 15.4. The number of carbonyl (C=O) groups excluding carboxylic acids is 2. The van der Waals surface area contributed by atoms with Crippen LogP contribution in [0.1, 0.15) is 44.7 Å². The number of aldehydes is 1. The number of rotatable bonds is 9. The van der Waals surface area contributed by atoms with Crippen LogP contribution in [0, 0.1) is 0 Å². The van der Waals surface area contributed by atoms with Crippen molar-refractivity contribution in [3.05, 3.63) is 95.6 Å². The summed E-state index contributed by atoms with van der Waals surface area (Å²) in [5, 5.41) is 27.9. The molecule has 14 nitrogen and oxygen atoms in total. The smallest absolute Gasteiger partial charge is 0.223 e. The van der Waals surface area contributed by atoms with Crippen LogP contribution in [-0.2, 0) is 11.2 Å². The van der Waals surface area contributed by atoms with Crippen molar-refractivity contribution < 1.29 is 19.8 Å². The molecule has 2 aliphatic heterocycles. The van der Waals surface area contributed by atoms with Crippen molar-refractivity contribution in [2.75, 3.05) is 72.2 Å². The average molecular weight is 653 g/mol. The monoisotopic (exact) mass is 652 g/mol. The Kier molecular flexibility index (Phi) is 9.87. The van der Waals surface area contributed by atoms with Gasteiger partial charge in [0, 0.05) is 50.4 Å². The molecule has 4 aromatic rings. The third-order valence-corrected chi connectivity index (χ3v) is 8.57. The number of nitrogens with two attached hydrogens (primary N) is 2. The number of nitrogen functional groups attached to an aromatic ring is 2. The molecule has 48 heavy (non-hydrogen) atoms. The van der Waals surface area contributed by atoms with Crippen LogP contribution in [0.3, 0.4) is 0 Å². The van der Waals surface area contributed by atoms with E-state index in [0.717, 1.165) is 17.4 Å². The van der Waals surface area contributed by atoms with E-state index in [0.29, 0.717) is 73.4 Å². The Morgan fingerprint density at radius 1 is 0.812 bits per heavy atom. The lowest BCUT2D eigenvalue weighted by atomic mass is 9.92. The first kappa shape index (κ1) is 33.8. The Labute approximate surface area is 278 Å². The normalized spacial score (nSPS) is 20.1. The number of ketones is 1. The topological polar surface area (TPSA) is 209 Å².